The monoisotopic (exact) mass is 574 g/mol. The van der Waals surface area contributed by atoms with Gasteiger partial charge in [-0.3, -0.25) is 9.69 Å². The van der Waals surface area contributed by atoms with Crippen LogP contribution in [0.1, 0.15) is 89.0 Å². The minimum atomic E-state index is -3.67. The Bertz CT molecular complexity index is 1060. The molecular weight excluding hydrogens is 528 g/mol. The summed E-state index contributed by atoms with van der Waals surface area (Å²) < 4.78 is 42.2. The van der Waals surface area contributed by atoms with Crippen LogP contribution in [-0.4, -0.2) is 82.3 Å². The molecular formula is C27H46N2O9S. The largest absolute Gasteiger partial charge is 0.458 e. The zero-order valence-corrected chi connectivity index (χ0v) is 26.1. The number of ether oxygens (including phenoxy) is 3. The lowest BCUT2D eigenvalue weighted by atomic mass is 9.88. The summed E-state index contributed by atoms with van der Waals surface area (Å²) in [5.74, 6) is -3.25. The lowest BCUT2D eigenvalue weighted by molar-refractivity contribution is -0.166. The second kappa shape index (κ2) is 11.9. The Morgan fingerprint density at radius 3 is 1.82 bits per heavy atom. The number of hydrogen-bond acceptors (Lipinski definition) is 9. The summed E-state index contributed by atoms with van der Waals surface area (Å²) in [6.45, 7) is 21.1. The van der Waals surface area contributed by atoms with Gasteiger partial charge < -0.3 is 14.2 Å². The highest BCUT2D eigenvalue weighted by Gasteiger charge is 2.64. The second-order valence-corrected chi connectivity index (χ2v) is 15.1. The Morgan fingerprint density at radius 1 is 0.949 bits per heavy atom. The van der Waals surface area contributed by atoms with E-state index in [0.29, 0.717) is 0 Å². The number of likely N-dealkylation sites (tertiary alicyclic amines) is 1. The maximum absolute atomic E-state index is 13.9. The molecule has 1 fully saturated rings. The molecule has 1 aliphatic rings. The first-order valence-electron chi connectivity index (χ1n) is 13.0. The third-order valence-corrected chi connectivity index (χ3v) is 7.56. The van der Waals surface area contributed by atoms with E-state index in [9.17, 15) is 27.6 Å². The van der Waals surface area contributed by atoms with E-state index in [1.165, 1.54) is 13.0 Å². The first kappa shape index (κ1) is 34.4. The van der Waals surface area contributed by atoms with Gasteiger partial charge in [0.1, 0.15) is 38.3 Å². The predicted octanol–water partition coefficient (Wildman–Crippen LogP) is 4.44. The molecule has 0 aromatic heterocycles. The van der Waals surface area contributed by atoms with Crippen LogP contribution in [-0.2, 0) is 33.6 Å². The van der Waals surface area contributed by atoms with Gasteiger partial charge in [-0.25, -0.2) is 27.7 Å². The Balaban J connectivity index is 4.08. The Kier molecular flexibility index (Phi) is 10.5. The standard InChI is InChI=1S/C27H46N2O9S/c1-13-19-17-20(21(31)36-24(4,5)6)29(23(33)38-26(10,11)12)27(19,15-16-39(34,35)14-2)28(18(3)30)22(32)37-25(7,8)9/h13,19-20H,1,14-17H2,2-12H3/t19-,20?,27+/m1/s1. The average Bonchev–Trinajstić information content (AvgIpc) is 3.03. The lowest BCUT2D eigenvalue weighted by Gasteiger charge is -2.48. The van der Waals surface area contributed by atoms with Crippen LogP contribution in [0, 0.1) is 5.92 Å². The van der Waals surface area contributed by atoms with E-state index in [1.807, 2.05) is 0 Å². The molecule has 1 saturated heterocycles. The van der Waals surface area contributed by atoms with E-state index in [2.05, 4.69) is 6.58 Å². The van der Waals surface area contributed by atoms with Crippen molar-refractivity contribution in [2.45, 2.75) is 118 Å². The van der Waals surface area contributed by atoms with Crippen molar-refractivity contribution in [1.82, 2.24) is 9.80 Å². The van der Waals surface area contributed by atoms with E-state index in [-0.39, 0.29) is 12.2 Å². The van der Waals surface area contributed by atoms with Crippen LogP contribution in [0.4, 0.5) is 9.59 Å². The van der Waals surface area contributed by atoms with Gasteiger partial charge in [0.2, 0.25) is 5.91 Å². The molecule has 11 nitrogen and oxygen atoms in total. The smallest absolute Gasteiger partial charge is 0.419 e. The van der Waals surface area contributed by atoms with Crippen LogP contribution < -0.4 is 0 Å². The van der Waals surface area contributed by atoms with E-state index in [4.69, 9.17) is 14.2 Å². The maximum Gasteiger partial charge on any atom is 0.419 e. The first-order chi connectivity index (χ1) is 17.4. The van der Waals surface area contributed by atoms with Crippen LogP contribution in [0.15, 0.2) is 12.7 Å². The van der Waals surface area contributed by atoms with Gasteiger partial charge in [-0.05, 0) is 68.7 Å². The molecule has 39 heavy (non-hydrogen) atoms. The fourth-order valence-corrected chi connectivity index (χ4v) is 5.34. The van der Waals surface area contributed by atoms with E-state index < -0.39 is 80.5 Å². The summed E-state index contributed by atoms with van der Waals surface area (Å²) in [6.07, 6.45) is -1.23. The van der Waals surface area contributed by atoms with Gasteiger partial charge in [-0.15, -0.1) is 6.58 Å². The molecule has 0 saturated carbocycles. The summed E-state index contributed by atoms with van der Waals surface area (Å²) in [5, 5.41) is 0. The predicted molar refractivity (Wildman–Crippen MR) is 146 cm³/mol. The first-order valence-corrected chi connectivity index (χ1v) is 14.8. The number of esters is 1. The molecule has 1 heterocycles. The molecule has 0 spiro atoms. The molecule has 0 aromatic carbocycles. The maximum atomic E-state index is 13.9. The normalized spacial score (nSPS) is 22.2. The fraction of sp³-hybridized carbons (Fsp3) is 0.778. The summed E-state index contributed by atoms with van der Waals surface area (Å²) in [5.41, 5.74) is -4.99. The van der Waals surface area contributed by atoms with Gasteiger partial charge in [-0.2, -0.15) is 0 Å². The highest BCUT2D eigenvalue weighted by Crippen LogP contribution is 2.47. The van der Waals surface area contributed by atoms with Gasteiger partial charge in [0, 0.05) is 25.0 Å². The van der Waals surface area contributed by atoms with Crippen molar-refractivity contribution >= 4 is 33.9 Å². The highest BCUT2D eigenvalue weighted by atomic mass is 32.2. The van der Waals surface area contributed by atoms with Crippen LogP contribution in [0.2, 0.25) is 0 Å². The molecule has 1 unspecified atom stereocenters. The van der Waals surface area contributed by atoms with Gasteiger partial charge in [0.15, 0.2) is 0 Å². The topological polar surface area (TPSA) is 137 Å². The highest BCUT2D eigenvalue weighted by molar-refractivity contribution is 7.91. The van der Waals surface area contributed by atoms with Crippen molar-refractivity contribution in [3.63, 3.8) is 0 Å². The Hall–Kier alpha value is -2.63. The Labute approximate surface area is 233 Å². The van der Waals surface area contributed by atoms with Crippen LogP contribution in [0.25, 0.3) is 0 Å². The van der Waals surface area contributed by atoms with Crippen LogP contribution >= 0.6 is 0 Å². The molecule has 3 atom stereocenters. The molecule has 0 radical (unpaired) electrons. The second-order valence-electron chi connectivity index (χ2n) is 12.7. The number of amides is 3. The van der Waals surface area contributed by atoms with Crippen molar-refractivity contribution in [3.05, 3.63) is 12.7 Å². The molecule has 12 heteroatoms. The number of rotatable bonds is 7. The molecule has 0 aliphatic carbocycles. The number of sulfone groups is 1. The van der Waals surface area contributed by atoms with Crippen LogP contribution in [0.3, 0.4) is 0 Å². The summed E-state index contributed by atoms with van der Waals surface area (Å²) in [7, 11) is -3.67. The minimum Gasteiger partial charge on any atom is -0.458 e. The summed E-state index contributed by atoms with van der Waals surface area (Å²) in [6, 6.07) is -1.32. The van der Waals surface area contributed by atoms with Crippen molar-refractivity contribution in [1.29, 1.82) is 0 Å². The van der Waals surface area contributed by atoms with Crippen molar-refractivity contribution in [2.75, 3.05) is 11.5 Å². The number of carbonyl (C=O) groups is 4. The zero-order valence-electron chi connectivity index (χ0n) is 25.2. The third kappa shape index (κ3) is 8.94. The van der Waals surface area contributed by atoms with E-state index in [0.717, 1.165) is 16.7 Å². The molecule has 1 aliphatic heterocycles. The average molecular weight is 575 g/mol. The van der Waals surface area contributed by atoms with E-state index >= 15 is 0 Å². The number of imide groups is 1. The summed E-state index contributed by atoms with van der Waals surface area (Å²) >= 11 is 0. The SMILES string of the molecule is C=C[C@@H]1CC(C(=O)OC(C)(C)C)N(C(=O)OC(C)(C)C)[C@]1(CCS(=O)(=O)CC)N(C(C)=O)C(=O)OC(C)(C)C. The fourth-order valence-electron chi connectivity index (χ4n) is 4.44. The van der Waals surface area contributed by atoms with Crippen LogP contribution in [0.5, 0.6) is 0 Å². The minimum absolute atomic E-state index is 0.101. The number of carbonyl (C=O) groups excluding carboxylic acids is 4. The zero-order chi connectivity index (χ0) is 30.8. The molecule has 0 N–H and O–H groups in total. The molecule has 0 aromatic rings. The molecule has 1 rings (SSSR count). The third-order valence-electron chi connectivity index (χ3n) is 5.85. The van der Waals surface area contributed by atoms with Gasteiger partial charge in [-0.1, -0.05) is 13.0 Å². The number of hydrogen-bond donors (Lipinski definition) is 0. The van der Waals surface area contributed by atoms with Crippen molar-refractivity contribution in [3.8, 4) is 0 Å². The van der Waals surface area contributed by atoms with E-state index in [1.54, 1.807) is 62.3 Å². The van der Waals surface area contributed by atoms with Gasteiger partial charge >= 0.3 is 18.2 Å². The lowest BCUT2D eigenvalue weighted by Crippen LogP contribution is -2.68. The van der Waals surface area contributed by atoms with Crippen molar-refractivity contribution in [2.24, 2.45) is 5.92 Å². The summed E-state index contributed by atoms with van der Waals surface area (Å²) in [4.78, 5) is 55.9. The van der Waals surface area contributed by atoms with Crippen molar-refractivity contribution < 1.29 is 41.8 Å². The molecule has 224 valence electrons. The van der Waals surface area contributed by atoms with Gasteiger partial charge in [0.25, 0.3) is 0 Å². The Morgan fingerprint density at radius 2 is 1.44 bits per heavy atom. The molecule has 0 bridgehead atoms. The quantitative estimate of drug-likeness (QED) is 0.245. The number of nitrogens with zero attached hydrogens (tertiary/aromatic N) is 2. The van der Waals surface area contributed by atoms with Gasteiger partial charge in [0.05, 0.1) is 5.75 Å². The molecule has 3 amide bonds.